The van der Waals surface area contributed by atoms with E-state index >= 15 is 0 Å². The first-order chi connectivity index (χ1) is 16.6. The summed E-state index contributed by atoms with van der Waals surface area (Å²) in [7, 11) is 0. The third-order valence-electron chi connectivity index (χ3n) is 5.12. The maximum atomic E-state index is 13.5. The van der Waals surface area contributed by atoms with Crippen LogP contribution < -0.4 is 21.7 Å². The number of nitrogens with two attached hydrogens (primary N) is 1. The number of hydrogen-bond acceptors (Lipinski definition) is 6. The van der Waals surface area contributed by atoms with Gasteiger partial charge in [0.05, 0.1) is 40.9 Å². The van der Waals surface area contributed by atoms with Gasteiger partial charge < -0.3 is 21.7 Å². The van der Waals surface area contributed by atoms with E-state index in [9.17, 15) is 27.2 Å². The Morgan fingerprint density at radius 3 is 2.54 bits per heavy atom. The fourth-order valence-electron chi connectivity index (χ4n) is 3.10. The highest BCUT2D eigenvalue weighted by atomic mass is 19.4. The first-order valence-electron chi connectivity index (χ1n) is 10.3. The molecular weight excluding hydrogens is 468 g/mol. The Labute approximate surface area is 198 Å². The molecule has 5 N–H and O–H groups in total. The SMILES string of the molecule is C=CN=C/C(=C\N)C(=O)NC1(C(=O)NCc2ccc(Nc3cc(F)ccc3C(F)(F)F)cn2)CC1. The van der Waals surface area contributed by atoms with Gasteiger partial charge in [0.2, 0.25) is 5.91 Å². The molecule has 2 amide bonds. The fraction of sp³-hybridized carbons (Fsp3) is 0.217. The maximum Gasteiger partial charge on any atom is 0.418 e. The molecule has 1 saturated carbocycles. The van der Waals surface area contributed by atoms with Crippen molar-refractivity contribution in [2.75, 3.05) is 5.32 Å². The molecule has 0 unspecified atom stereocenters. The summed E-state index contributed by atoms with van der Waals surface area (Å²) in [5, 5.41) is 7.83. The zero-order valence-corrected chi connectivity index (χ0v) is 18.3. The van der Waals surface area contributed by atoms with Crippen molar-refractivity contribution >= 4 is 29.4 Å². The third-order valence-corrected chi connectivity index (χ3v) is 5.12. The highest BCUT2D eigenvalue weighted by molar-refractivity contribution is 6.13. The first-order valence-corrected chi connectivity index (χ1v) is 10.3. The number of aromatic nitrogens is 1. The van der Waals surface area contributed by atoms with Crippen LogP contribution in [0.25, 0.3) is 0 Å². The number of rotatable bonds is 9. The van der Waals surface area contributed by atoms with Crippen molar-refractivity contribution in [1.82, 2.24) is 15.6 Å². The summed E-state index contributed by atoms with van der Waals surface area (Å²) >= 11 is 0. The molecule has 184 valence electrons. The Morgan fingerprint density at radius 1 is 1.23 bits per heavy atom. The van der Waals surface area contributed by atoms with Gasteiger partial charge in [0, 0.05) is 18.6 Å². The number of benzene rings is 1. The van der Waals surface area contributed by atoms with Crippen molar-refractivity contribution in [2.24, 2.45) is 10.7 Å². The molecule has 1 aliphatic carbocycles. The monoisotopic (exact) mass is 490 g/mol. The lowest BCUT2D eigenvalue weighted by Crippen LogP contribution is -2.49. The van der Waals surface area contributed by atoms with Gasteiger partial charge in [-0.3, -0.25) is 19.6 Å². The lowest BCUT2D eigenvalue weighted by Gasteiger charge is -2.17. The van der Waals surface area contributed by atoms with Crippen molar-refractivity contribution in [2.45, 2.75) is 31.1 Å². The zero-order chi connectivity index (χ0) is 25.6. The molecule has 1 aliphatic rings. The number of alkyl halides is 3. The van der Waals surface area contributed by atoms with E-state index in [0.29, 0.717) is 24.6 Å². The molecule has 0 radical (unpaired) electrons. The fourth-order valence-corrected chi connectivity index (χ4v) is 3.10. The van der Waals surface area contributed by atoms with Gasteiger partial charge in [0.15, 0.2) is 0 Å². The molecular formula is C23H22F4N6O2. The van der Waals surface area contributed by atoms with Crippen LogP contribution >= 0.6 is 0 Å². The average Bonchev–Trinajstić information content (AvgIpc) is 3.58. The third kappa shape index (κ3) is 6.43. The molecule has 0 saturated heterocycles. The van der Waals surface area contributed by atoms with Gasteiger partial charge in [-0.05, 0) is 43.2 Å². The highest BCUT2D eigenvalue weighted by Crippen LogP contribution is 2.37. The summed E-state index contributed by atoms with van der Waals surface area (Å²) in [4.78, 5) is 32.8. The summed E-state index contributed by atoms with van der Waals surface area (Å²) in [5.74, 6) is -1.80. The highest BCUT2D eigenvalue weighted by Gasteiger charge is 2.51. The molecule has 1 fully saturated rings. The number of nitrogens with zero attached hydrogens (tertiary/aromatic N) is 2. The van der Waals surface area contributed by atoms with Crippen molar-refractivity contribution in [1.29, 1.82) is 0 Å². The predicted octanol–water partition coefficient (Wildman–Crippen LogP) is 3.31. The molecule has 0 atom stereocenters. The van der Waals surface area contributed by atoms with Crippen LogP contribution in [-0.2, 0) is 22.3 Å². The van der Waals surface area contributed by atoms with E-state index in [2.05, 4.69) is 32.5 Å². The number of amides is 2. The minimum absolute atomic E-state index is 0.0159. The summed E-state index contributed by atoms with van der Waals surface area (Å²) in [5.41, 5.74) is 3.58. The summed E-state index contributed by atoms with van der Waals surface area (Å²) < 4.78 is 52.9. The Balaban J connectivity index is 1.60. The molecule has 0 spiro atoms. The zero-order valence-electron chi connectivity index (χ0n) is 18.3. The quantitative estimate of drug-likeness (QED) is 0.244. The van der Waals surface area contributed by atoms with Gasteiger partial charge >= 0.3 is 6.18 Å². The van der Waals surface area contributed by atoms with E-state index in [0.717, 1.165) is 18.3 Å². The molecule has 3 rings (SSSR count). The number of carbonyl (C=O) groups excluding carboxylic acids is 2. The molecule has 1 aromatic carbocycles. The smallest absolute Gasteiger partial charge is 0.404 e. The summed E-state index contributed by atoms with van der Waals surface area (Å²) in [6.45, 7) is 3.42. The van der Waals surface area contributed by atoms with Crippen LogP contribution in [0.1, 0.15) is 24.1 Å². The predicted molar refractivity (Wildman–Crippen MR) is 122 cm³/mol. The normalized spacial score (nSPS) is 14.9. The van der Waals surface area contributed by atoms with Crippen molar-refractivity contribution < 1.29 is 27.2 Å². The Kier molecular flexibility index (Phi) is 7.52. The molecule has 1 aromatic heterocycles. The van der Waals surface area contributed by atoms with E-state index < -0.39 is 40.6 Å². The maximum absolute atomic E-state index is 13.5. The molecule has 2 aromatic rings. The summed E-state index contributed by atoms with van der Waals surface area (Å²) in [6.07, 6.45) is 0.991. The number of nitrogens with one attached hydrogen (secondary N) is 3. The molecule has 8 nitrogen and oxygen atoms in total. The molecule has 35 heavy (non-hydrogen) atoms. The summed E-state index contributed by atoms with van der Waals surface area (Å²) in [6, 6.07) is 5.07. The van der Waals surface area contributed by atoms with Crippen LogP contribution in [-0.4, -0.2) is 28.6 Å². The van der Waals surface area contributed by atoms with Gasteiger partial charge in [-0.1, -0.05) is 6.58 Å². The number of anilines is 2. The van der Waals surface area contributed by atoms with Gasteiger partial charge in [0.1, 0.15) is 11.4 Å². The second-order valence-electron chi connectivity index (χ2n) is 7.65. The van der Waals surface area contributed by atoms with Crippen LogP contribution in [0.4, 0.5) is 28.9 Å². The molecule has 0 aliphatic heterocycles. The topological polar surface area (TPSA) is 121 Å². The first kappa shape index (κ1) is 25.4. The molecule has 1 heterocycles. The van der Waals surface area contributed by atoms with Gasteiger partial charge in [-0.15, -0.1) is 0 Å². The van der Waals surface area contributed by atoms with Crippen LogP contribution in [0.5, 0.6) is 0 Å². The molecule has 12 heteroatoms. The van der Waals surface area contributed by atoms with Crippen LogP contribution in [0.15, 0.2) is 66.1 Å². The number of halogens is 4. The van der Waals surface area contributed by atoms with Crippen molar-refractivity contribution in [3.05, 3.63) is 78.2 Å². The Hall–Kier alpha value is -4.22. The number of aliphatic imine (C=N–C) groups is 1. The van der Waals surface area contributed by atoms with Gasteiger partial charge in [-0.2, -0.15) is 13.2 Å². The van der Waals surface area contributed by atoms with E-state index in [4.69, 9.17) is 5.73 Å². The van der Waals surface area contributed by atoms with Gasteiger partial charge in [0.25, 0.3) is 5.91 Å². The lowest BCUT2D eigenvalue weighted by molar-refractivity contribution is -0.137. The Bertz CT molecular complexity index is 1170. The molecule has 0 bridgehead atoms. The second-order valence-corrected chi connectivity index (χ2v) is 7.65. The minimum atomic E-state index is -4.67. The largest absolute Gasteiger partial charge is 0.418 e. The van der Waals surface area contributed by atoms with E-state index in [1.165, 1.54) is 30.7 Å². The van der Waals surface area contributed by atoms with Crippen LogP contribution in [0.2, 0.25) is 0 Å². The second kappa shape index (κ2) is 10.4. The lowest BCUT2D eigenvalue weighted by atomic mass is 10.1. The average molecular weight is 490 g/mol. The minimum Gasteiger partial charge on any atom is -0.404 e. The van der Waals surface area contributed by atoms with E-state index in [1.807, 2.05) is 0 Å². The van der Waals surface area contributed by atoms with Crippen LogP contribution in [0.3, 0.4) is 0 Å². The van der Waals surface area contributed by atoms with Crippen molar-refractivity contribution in [3.8, 4) is 0 Å². The number of carbonyl (C=O) groups is 2. The van der Waals surface area contributed by atoms with Crippen LogP contribution in [0, 0.1) is 5.82 Å². The van der Waals surface area contributed by atoms with E-state index in [-0.39, 0.29) is 17.8 Å². The number of pyridine rings is 1. The number of hydrogen-bond donors (Lipinski definition) is 4. The van der Waals surface area contributed by atoms with Gasteiger partial charge in [-0.25, -0.2) is 4.39 Å². The standard InChI is InChI=1S/C23H22F4N6O2/c1-2-29-11-14(10-28)20(34)33-22(7-8-22)21(35)31-12-16-4-5-17(13-30-16)32-19-9-15(24)3-6-18(19)23(25,26)27/h2-6,9-11,13,32H,1,7-8,12,28H2,(H,31,35)(H,33,34)/b14-10+,29-11?. The Morgan fingerprint density at radius 2 is 1.97 bits per heavy atom. The van der Waals surface area contributed by atoms with Crippen molar-refractivity contribution in [3.63, 3.8) is 0 Å². The van der Waals surface area contributed by atoms with E-state index in [1.54, 1.807) is 0 Å².